The first-order valence-corrected chi connectivity index (χ1v) is 13.6. The SMILES string of the molecule is CC(C)(C)OC(=O)NCc1[nH]c2c(Cl)c(Cl)cc(NC(=O)OC(C)(C)C)c2c1-c1cnn(C2CCCCO2)c1. The van der Waals surface area contributed by atoms with Gasteiger partial charge in [0.25, 0.3) is 0 Å². The molecule has 12 heteroatoms. The highest BCUT2D eigenvalue weighted by Gasteiger charge is 2.26. The van der Waals surface area contributed by atoms with Crippen LogP contribution in [0.25, 0.3) is 22.0 Å². The van der Waals surface area contributed by atoms with E-state index in [4.69, 9.17) is 37.4 Å². The predicted molar refractivity (Wildman–Crippen MR) is 151 cm³/mol. The number of ether oxygens (including phenoxy) is 3. The van der Waals surface area contributed by atoms with Gasteiger partial charge in [0, 0.05) is 35.0 Å². The quantitative estimate of drug-likeness (QED) is 0.289. The molecule has 1 unspecified atom stereocenters. The van der Waals surface area contributed by atoms with Gasteiger partial charge in [-0.1, -0.05) is 23.2 Å². The van der Waals surface area contributed by atoms with Crippen molar-refractivity contribution >= 4 is 52.0 Å². The van der Waals surface area contributed by atoms with Gasteiger partial charge >= 0.3 is 12.2 Å². The number of carbonyl (C=O) groups excluding carboxylic acids is 2. The first kappa shape index (κ1) is 29.0. The molecule has 2 aromatic heterocycles. The molecule has 3 N–H and O–H groups in total. The molecule has 1 fully saturated rings. The monoisotopic (exact) mass is 579 g/mol. The molecule has 3 aromatic rings. The van der Waals surface area contributed by atoms with Crippen molar-refractivity contribution < 1.29 is 23.8 Å². The summed E-state index contributed by atoms with van der Waals surface area (Å²) < 4.78 is 18.6. The second-order valence-corrected chi connectivity index (χ2v) is 12.2. The first-order valence-electron chi connectivity index (χ1n) is 12.9. The molecule has 212 valence electrons. The maximum absolute atomic E-state index is 12.8. The third kappa shape index (κ3) is 7.17. The Balaban J connectivity index is 1.81. The molecule has 2 amide bonds. The molecular formula is C27H35Cl2N5O5. The lowest BCUT2D eigenvalue weighted by Crippen LogP contribution is -2.32. The van der Waals surface area contributed by atoms with E-state index in [-0.39, 0.29) is 22.8 Å². The number of aromatic amines is 1. The number of H-pyrrole nitrogens is 1. The van der Waals surface area contributed by atoms with Gasteiger partial charge in [-0.15, -0.1) is 0 Å². The molecule has 0 bridgehead atoms. The van der Waals surface area contributed by atoms with Crippen LogP contribution in [-0.4, -0.2) is 44.8 Å². The number of benzene rings is 1. The standard InChI is InChI=1S/C27H35Cl2N5O5/c1-26(2,3)38-24(35)30-13-18-20(15-12-31-34(14-15)19-9-7-8-10-37-19)21-17(33-25(36)39-27(4,5)6)11-16(28)22(29)23(21)32-18/h11-12,14,19,32H,7-10,13H2,1-6H3,(H,30,35)(H,33,36). The molecule has 1 aromatic carbocycles. The summed E-state index contributed by atoms with van der Waals surface area (Å²) in [6, 6.07) is 1.58. The lowest BCUT2D eigenvalue weighted by atomic mass is 10.0. The summed E-state index contributed by atoms with van der Waals surface area (Å²) in [5.41, 5.74) is 1.57. The van der Waals surface area contributed by atoms with E-state index in [1.54, 1.807) is 58.5 Å². The summed E-state index contributed by atoms with van der Waals surface area (Å²) >= 11 is 13.1. The maximum atomic E-state index is 12.8. The van der Waals surface area contributed by atoms with Gasteiger partial charge in [-0.3, -0.25) is 5.32 Å². The van der Waals surface area contributed by atoms with Crippen LogP contribution in [0.15, 0.2) is 18.5 Å². The van der Waals surface area contributed by atoms with E-state index in [1.807, 2.05) is 6.20 Å². The fraction of sp³-hybridized carbons (Fsp3) is 0.519. The Bertz CT molecular complexity index is 1360. The summed E-state index contributed by atoms with van der Waals surface area (Å²) in [5, 5.41) is 11.3. The average molecular weight is 581 g/mol. The van der Waals surface area contributed by atoms with Crippen molar-refractivity contribution in [1.82, 2.24) is 20.1 Å². The number of nitrogens with one attached hydrogen (secondary N) is 3. The molecule has 0 spiro atoms. The summed E-state index contributed by atoms with van der Waals surface area (Å²) in [6.45, 7) is 11.5. The summed E-state index contributed by atoms with van der Waals surface area (Å²) in [6.07, 6.45) is 5.15. The number of hydrogen-bond donors (Lipinski definition) is 3. The van der Waals surface area contributed by atoms with E-state index < -0.39 is 23.4 Å². The number of alkyl carbamates (subject to hydrolysis) is 1. The minimum absolute atomic E-state index is 0.0872. The molecule has 10 nitrogen and oxygen atoms in total. The first-order chi connectivity index (χ1) is 18.2. The Kier molecular flexibility index (Phi) is 8.39. The molecule has 0 aliphatic carbocycles. The molecule has 4 rings (SSSR count). The molecule has 0 saturated carbocycles. The van der Waals surface area contributed by atoms with Crippen LogP contribution in [0.4, 0.5) is 15.3 Å². The Hall–Kier alpha value is -2.95. The molecule has 3 heterocycles. The zero-order chi connectivity index (χ0) is 28.5. The van der Waals surface area contributed by atoms with Crippen LogP contribution >= 0.6 is 23.2 Å². The molecule has 39 heavy (non-hydrogen) atoms. The second-order valence-electron chi connectivity index (χ2n) is 11.5. The van der Waals surface area contributed by atoms with Crippen molar-refractivity contribution in [1.29, 1.82) is 0 Å². The lowest BCUT2D eigenvalue weighted by Gasteiger charge is -2.22. The highest BCUT2D eigenvalue weighted by molar-refractivity contribution is 6.46. The summed E-state index contributed by atoms with van der Waals surface area (Å²) in [4.78, 5) is 28.5. The van der Waals surface area contributed by atoms with Crippen molar-refractivity contribution in [2.24, 2.45) is 0 Å². The number of rotatable bonds is 5. The fourth-order valence-corrected chi connectivity index (χ4v) is 4.76. The van der Waals surface area contributed by atoms with Crippen LogP contribution < -0.4 is 10.6 Å². The predicted octanol–water partition coefficient (Wildman–Crippen LogP) is 7.41. The number of amides is 2. The van der Waals surface area contributed by atoms with Crippen LogP contribution in [0.5, 0.6) is 0 Å². The van der Waals surface area contributed by atoms with Gasteiger partial charge in [-0.25, -0.2) is 14.3 Å². The van der Waals surface area contributed by atoms with E-state index in [1.165, 1.54) is 0 Å². The van der Waals surface area contributed by atoms with E-state index >= 15 is 0 Å². The van der Waals surface area contributed by atoms with E-state index in [0.29, 0.717) is 34.5 Å². The molecule has 1 aliphatic rings. The molecule has 1 saturated heterocycles. The van der Waals surface area contributed by atoms with Crippen molar-refractivity contribution in [3.05, 3.63) is 34.2 Å². The highest BCUT2D eigenvalue weighted by Crippen LogP contribution is 2.43. The maximum Gasteiger partial charge on any atom is 0.412 e. The van der Waals surface area contributed by atoms with Gasteiger partial charge in [0.2, 0.25) is 0 Å². The van der Waals surface area contributed by atoms with Crippen LogP contribution in [0.2, 0.25) is 10.0 Å². The van der Waals surface area contributed by atoms with E-state index in [9.17, 15) is 9.59 Å². The third-order valence-electron chi connectivity index (χ3n) is 5.83. The number of aromatic nitrogens is 3. The summed E-state index contributed by atoms with van der Waals surface area (Å²) in [7, 11) is 0. The van der Waals surface area contributed by atoms with E-state index in [0.717, 1.165) is 24.8 Å². The second kappa shape index (κ2) is 11.3. The average Bonchev–Trinajstić information content (AvgIpc) is 3.44. The van der Waals surface area contributed by atoms with Crippen LogP contribution in [0, 0.1) is 0 Å². The number of carbonyl (C=O) groups is 2. The highest BCUT2D eigenvalue weighted by atomic mass is 35.5. The molecule has 1 atom stereocenters. The summed E-state index contributed by atoms with van der Waals surface area (Å²) in [5.74, 6) is 0. The van der Waals surface area contributed by atoms with Gasteiger partial charge in [0.1, 0.15) is 17.4 Å². The van der Waals surface area contributed by atoms with Crippen molar-refractivity contribution in [3.8, 4) is 11.1 Å². The van der Waals surface area contributed by atoms with Gasteiger partial charge in [0.05, 0.1) is 34.0 Å². The topological polar surface area (TPSA) is 120 Å². The van der Waals surface area contributed by atoms with E-state index in [2.05, 4.69) is 20.7 Å². The van der Waals surface area contributed by atoms with Gasteiger partial charge < -0.3 is 24.5 Å². The normalized spacial score (nSPS) is 16.3. The van der Waals surface area contributed by atoms with Gasteiger partial charge in [0.15, 0.2) is 0 Å². The van der Waals surface area contributed by atoms with Crippen molar-refractivity contribution in [2.45, 2.75) is 84.8 Å². The Morgan fingerprint density at radius 3 is 2.46 bits per heavy atom. The smallest absolute Gasteiger partial charge is 0.412 e. The minimum atomic E-state index is -0.704. The number of hydrogen-bond acceptors (Lipinski definition) is 6. The third-order valence-corrected chi connectivity index (χ3v) is 6.62. The number of fused-ring (bicyclic) bond motifs is 1. The molecular weight excluding hydrogens is 545 g/mol. The number of halogens is 2. The van der Waals surface area contributed by atoms with Crippen LogP contribution in [-0.2, 0) is 20.8 Å². The van der Waals surface area contributed by atoms with Crippen molar-refractivity contribution in [2.75, 3.05) is 11.9 Å². The van der Waals surface area contributed by atoms with Gasteiger partial charge in [-0.2, -0.15) is 5.10 Å². The largest absolute Gasteiger partial charge is 0.444 e. The zero-order valence-electron chi connectivity index (χ0n) is 23.0. The van der Waals surface area contributed by atoms with Gasteiger partial charge in [-0.05, 0) is 66.9 Å². The molecule has 1 aliphatic heterocycles. The number of nitrogens with zero attached hydrogens (tertiary/aromatic N) is 2. The fourth-order valence-electron chi connectivity index (χ4n) is 4.36. The van der Waals surface area contributed by atoms with Crippen LogP contribution in [0.3, 0.4) is 0 Å². The number of anilines is 1. The Morgan fingerprint density at radius 1 is 1.13 bits per heavy atom. The Morgan fingerprint density at radius 2 is 1.82 bits per heavy atom. The zero-order valence-corrected chi connectivity index (χ0v) is 24.5. The van der Waals surface area contributed by atoms with Crippen molar-refractivity contribution in [3.63, 3.8) is 0 Å². The minimum Gasteiger partial charge on any atom is -0.444 e. The van der Waals surface area contributed by atoms with Crippen LogP contribution in [0.1, 0.15) is 72.7 Å². The molecule has 0 radical (unpaired) electrons. The lowest BCUT2D eigenvalue weighted by molar-refractivity contribution is -0.0394. The Labute approximate surface area is 237 Å².